The van der Waals surface area contributed by atoms with Crippen LogP contribution in [0.2, 0.25) is 5.02 Å². The molecule has 8 heteroatoms. The molecule has 1 unspecified atom stereocenters. The average Bonchev–Trinajstić information content (AvgIpc) is 2.50. The zero-order chi connectivity index (χ0) is 16.4. The van der Waals surface area contributed by atoms with E-state index in [0.717, 1.165) is 0 Å². The minimum atomic E-state index is -0.192. The van der Waals surface area contributed by atoms with E-state index in [1.165, 1.54) is 0 Å². The molecule has 0 heterocycles. The molecule has 23 heavy (non-hydrogen) atoms. The zero-order valence-corrected chi connectivity index (χ0v) is 16.6. The van der Waals surface area contributed by atoms with Crippen LogP contribution in [-0.4, -0.2) is 51.8 Å². The summed E-state index contributed by atoms with van der Waals surface area (Å²) in [6, 6.07) is 7.10. The van der Waals surface area contributed by atoms with E-state index >= 15 is 0 Å². The van der Waals surface area contributed by atoms with Crippen molar-refractivity contribution in [3.05, 3.63) is 34.9 Å². The van der Waals surface area contributed by atoms with Gasteiger partial charge in [-0.3, -0.25) is 9.79 Å². The predicted molar refractivity (Wildman–Crippen MR) is 105 cm³/mol. The van der Waals surface area contributed by atoms with Crippen molar-refractivity contribution in [2.24, 2.45) is 4.99 Å². The Morgan fingerprint density at radius 3 is 2.57 bits per heavy atom. The Morgan fingerprint density at radius 2 is 1.96 bits per heavy atom. The van der Waals surface area contributed by atoms with Crippen molar-refractivity contribution in [1.82, 2.24) is 16.0 Å². The van der Waals surface area contributed by atoms with Gasteiger partial charge in [0.25, 0.3) is 5.91 Å². The lowest BCUT2D eigenvalue weighted by Crippen LogP contribution is -2.46. The van der Waals surface area contributed by atoms with Crippen LogP contribution in [0.1, 0.15) is 17.3 Å². The first-order valence-corrected chi connectivity index (χ1v) is 7.45. The second kappa shape index (κ2) is 12.4. The van der Waals surface area contributed by atoms with Crippen LogP contribution in [0.5, 0.6) is 0 Å². The molecular weight excluding hydrogens is 431 g/mol. The predicted octanol–water partition coefficient (Wildman–Crippen LogP) is 1.89. The molecule has 130 valence electrons. The summed E-state index contributed by atoms with van der Waals surface area (Å²) in [5.74, 6) is 0.472. The van der Waals surface area contributed by atoms with Crippen LogP contribution < -0.4 is 16.0 Å². The van der Waals surface area contributed by atoms with Crippen LogP contribution in [-0.2, 0) is 4.74 Å². The number of hydrogen-bond acceptors (Lipinski definition) is 3. The monoisotopic (exact) mass is 454 g/mol. The third kappa shape index (κ3) is 8.38. The summed E-state index contributed by atoms with van der Waals surface area (Å²) in [7, 11) is 3.34. The van der Waals surface area contributed by atoms with Crippen molar-refractivity contribution < 1.29 is 9.53 Å². The highest BCUT2D eigenvalue weighted by Crippen LogP contribution is 2.14. The Balaban J connectivity index is 0.00000484. The van der Waals surface area contributed by atoms with Gasteiger partial charge in [-0.2, -0.15) is 0 Å². The quantitative estimate of drug-likeness (QED) is 0.255. The Hall–Kier alpha value is -1.06. The molecule has 3 N–H and O–H groups in total. The lowest BCUT2D eigenvalue weighted by Gasteiger charge is -2.17. The highest BCUT2D eigenvalue weighted by molar-refractivity contribution is 14.0. The number of carbonyl (C=O) groups excluding carboxylic acids is 1. The van der Waals surface area contributed by atoms with E-state index in [1.807, 2.05) is 6.92 Å². The van der Waals surface area contributed by atoms with Gasteiger partial charge in [0.1, 0.15) is 0 Å². The number of nitrogens with zero attached hydrogens (tertiary/aromatic N) is 1. The number of carbonyl (C=O) groups is 1. The first-order valence-electron chi connectivity index (χ1n) is 7.07. The maximum atomic E-state index is 12.0. The summed E-state index contributed by atoms with van der Waals surface area (Å²) in [6.07, 6.45) is 0. The Bertz CT molecular complexity index is 514. The molecule has 0 aliphatic rings. The number of hydrogen-bond donors (Lipinski definition) is 3. The maximum Gasteiger partial charge on any atom is 0.252 e. The molecule has 1 atom stereocenters. The Labute approximate surface area is 159 Å². The van der Waals surface area contributed by atoms with E-state index in [-0.39, 0.29) is 35.9 Å². The number of rotatable bonds is 7. The summed E-state index contributed by atoms with van der Waals surface area (Å²) in [6.45, 7) is 3.60. The largest absolute Gasteiger partial charge is 0.383 e. The Kier molecular flexibility index (Phi) is 11.8. The lowest BCUT2D eigenvalue weighted by molar-refractivity contribution is 0.0954. The molecule has 0 aliphatic carbocycles. The molecule has 0 saturated heterocycles. The van der Waals surface area contributed by atoms with Crippen molar-refractivity contribution >= 4 is 47.4 Å². The number of nitrogens with one attached hydrogen (secondary N) is 3. The van der Waals surface area contributed by atoms with E-state index in [9.17, 15) is 4.79 Å². The number of ether oxygens (including phenoxy) is 1. The van der Waals surface area contributed by atoms with Gasteiger partial charge in [-0.15, -0.1) is 24.0 Å². The van der Waals surface area contributed by atoms with Crippen molar-refractivity contribution in [3.63, 3.8) is 0 Å². The van der Waals surface area contributed by atoms with E-state index in [2.05, 4.69) is 20.9 Å². The molecule has 0 spiro atoms. The van der Waals surface area contributed by atoms with E-state index < -0.39 is 0 Å². The third-order valence-corrected chi connectivity index (χ3v) is 3.17. The van der Waals surface area contributed by atoms with Gasteiger partial charge < -0.3 is 20.7 Å². The van der Waals surface area contributed by atoms with Gasteiger partial charge in [-0.1, -0.05) is 23.7 Å². The van der Waals surface area contributed by atoms with Crippen molar-refractivity contribution in [1.29, 1.82) is 0 Å². The molecule has 1 aromatic carbocycles. The highest BCUT2D eigenvalue weighted by Gasteiger charge is 2.08. The molecule has 1 amide bonds. The molecule has 0 bridgehead atoms. The number of benzene rings is 1. The molecule has 0 fully saturated rings. The van der Waals surface area contributed by atoms with Crippen LogP contribution in [0.25, 0.3) is 0 Å². The minimum absolute atomic E-state index is 0. The second-order valence-corrected chi connectivity index (χ2v) is 5.14. The van der Waals surface area contributed by atoms with Crippen LogP contribution >= 0.6 is 35.6 Å². The summed E-state index contributed by atoms with van der Waals surface area (Å²) in [5, 5.41) is 9.54. The highest BCUT2D eigenvalue weighted by atomic mass is 127. The molecule has 0 radical (unpaired) electrons. The second-order valence-electron chi connectivity index (χ2n) is 4.74. The molecule has 6 nitrogen and oxygen atoms in total. The fourth-order valence-electron chi connectivity index (χ4n) is 1.82. The maximum absolute atomic E-state index is 12.0. The summed E-state index contributed by atoms with van der Waals surface area (Å²) in [4.78, 5) is 16.1. The van der Waals surface area contributed by atoms with Crippen molar-refractivity contribution in [2.75, 3.05) is 33.9 Å². The molecular formula is C15H24ClIN4O2. The zero-order valence-electron chi connectivity index (χ0n) is 13.6. The number of amides is 1. The smallest absolute Gasteiger partial charge is 0.252 e. The van der Waals surface area contributed by atoms with E-state index in [1.54, 1.807) is 38.4 Å². The third-order valence-electron chi connectivity index (χ3n) is 2.84. The Morgan fingerprint density at radius 1 is 1.30 bits per heavy atom. The molecule has 1 aromatic rings. The van der Waals surface area contributed by atoms with Crippen LogP contribution in [0.3, 0.4) is 0 Å². The first kappa shape index (κ1) is 21.9. The van der Waals surface area contributed by atoms with Crippen molar-refractivity contribution in [3.8, 4) is 0 Å². The van der Waals surface area contributed by atoms with Gasteiger partial charge >= 0.3 is 0 Å². The topological polar surface area (TPSA) is 74.8 Å². The van der Waals surface area contributed by atoms with Gasteiger partial charge in [0.15, 0.2) is 5.96 Å². The first-order chi connectivity index (χ1) is 10.6. The fourth-order valence-corrected chi connectivity index (χ4v) is 2.04. The molecule has 0 saturated carbocycles. The van der Waals surface area contributed by atoms with Gasteiger partial charge in [0.2, 0.25) is 0 Å². The molecule has 0 aliphatic heterocycles. The van der Waals surface area contributed by atoms with E-state index in [4.69, 9.17) is 16.3 Å². The fraction of sp³-hybridized carbons (Fsp3) is 0.467. The summed E-state index contributed by atoms with van der Waals surface area (Å²) < 4.78 is 5.05. The van der Waals surface area contributed by atoms with Gasteiger partial charge in [-0.25, -0.2) is 0 Å². The SMILES string of the molecule is CN=C(NCCNC(=O)c1ccccc1Cl)NC(C)COC.I. The summed E-state index contributed by atoms with van der Waals surface area (Å²) >= 11 is 5.97. The number of halogens is 2. The number of aliphatic imine (C=N–C) groups is 1. The van der Waals surface area contributed by atoms with Crippen LogP contribution in [0.4, 0.5) is 0 Å². The number of guanidine groups is 1. The average molecular weight is 455 g/mol. The van der Waals surface area contributed by atoms with Crippen LogP contribution in [0.15, 0.2) is 29.3 Å². The lowest BCUT2D eigenvalue weighted by atomic mass is 10.2. The standard InChI is InChI=1S/C15H23ClN4O2.HI/c1-11(10-22-3)20-15(17-2)19-9-8-18-14(21)12-6-4-5-7-13(12)16;/h4-7,11H,8-10H2,1-3H3,(H,18,21)(H2,17,19,20);1H. The van der Waals surface area contributed by atoms with Gasteiger partial charge in [0, 0.05) is 33.3 Å². The minimum Gasteiger partial charge on any atom is -0.383 e. The van der Waals surface area contributed by atoms with Crippen LogP contribution in [0, 0.1) is 0 Å². The van der Waals surface area contributed by atoms with Gasteiger partial charge in [-0.05, 0) is 19.1 Å². The normalized spacial score (nSPS) is 12.1. The number of methoxy groups -OCH3 is 1. The van der Waals surface area contributed by atoms with Crippen molar-refractivity contribution in [2.45, 2.75) is 13.0 Å². The van der Waals surface area contributed by atoms with Gasteiger partial charge in [0.05, 0.1) is 17.2 Å². The van der Waals surface area contributed by atoms with E-state index in [0.29, 0.717) is 36.2 Å². The summed E-state index contributed by atoms with van der Waals surface area (Å²) in [5.41, 5.74) is 0.473. The molecule has 1 rings (SSSR count). The molecule has 0 aromatic heterocycles.